The summed E-state index contributed by atoms with van der Waals surface area (Å²) in [6, 6.07) is 4.71. The maximum atomic E-state index is 12.9. The maximum absolute atomic E-state index is 12.9. The largest absolute Gasteiger partial charge is 0.378 e. The molecule has 1 aromatic carbocycles. The van der Waals surface area contributed by atoms with Gasteiger partial charge in [0, 0.05) is 25.1 Å². The minimum atomic E-state index is -0.208. The van der Waals surface area contributed by atoms with E-state index in [1.165, 1.54) is 12.1 Å². The fourth-order valence-corrected chi connectivity index (χ4v) is 1.57. The average molecular weight is 219 g/mol. The van der Waals surface area contributed by atoms with Crippen molar-refractivity contribution in [3.8, 4) is 0 Å². The van der Waals surface area contributed by atoms with E-state index in [1.54, 1.807) is 12.3 Å². The predicted molar refractivity (Wildman–Crippen MR) is 61.7 cm³/mol. The number of nitrogens with one attached hydrogen (secondary N) is 1. The lowest BCUT2D eigenvalue weighted by molar-refractivity contribution is 0.627. The first kappa shape index (κ1) is 10.7. The molecule has 16 heavy (non-hydrogen) atoms. The van der Waals surface area contributed by atoms with E-state index in [1.807, 2.05) is 24.7 Å². The van der Waals surface area contributed by atoms with Gasteiger partial charge >= 0.3 is 0 Å². The predicted octanol–water partition coefficient (Wildman–Crippen LogP) is 2.48. The Bertz CT molecular complexity index is 491. The van der Waals surface area contributed by atoms with Crippen LogP contribution in [0.2, 0.25) is 0 Å². The number of imidazole rings is 1. The van der Waals surface area contributed by atoms with Gasteiger partial charge in [0.15, 0.2) is 0 Å². The zero-order valence-electron chi connectivity index (χ0n) is 9.37. The van der Waals surface area contributed by atoms with E-state index in [0.717, 1.165) is 17.1 Å². The normalized spacial score (nSPS) is 10.4. The van der Waals surface area contributed by atoms with Gasteiger partial charge in [-0.2, -0.15) is 0 Å². The van der Waals surface area contributed by atoms with Crippen LogP contribution in [0.25, 0.3) is 0 Å². The number of halogens is 1. The summed E-state index contributed by atoms with van der Waals surface area (Å²) in [6.45, 7) is 2.51. The Hall–Kier alpha value is -1.84. The zero-order valence-corrected chi connectivity index (χ0v) is 9.37. The highest BCUT2D eigenvalue weighted by Gasteiger charge is 2.02. The lowest BCUT2D eigenvalue weighted by Crippen LogP contribution is -2.06. The number of rotatable bonds is 3. The van der Waals surface area contributed by atoms with Crippen molar-refractivity contribution >= 4 is 5.69 Å². The van der Waals surface area contributed by atoms with Gasteiger partial charge in [-0.05, 0) is 30.7 Å². The van der Waals surface area contributed by atoms with Crippen LogP contribution in [-0.4, -0.2) is 9.55 Å². The molecular formula is C12H14FN3. The zero-order chi connectivity index (χ0) is 11.5. The van der Waals surface area contributed by atoms with Crippen LogP contribution in [0, 0.1) is 12.7 Å². The molecule has 0 aliphatic rings. The minimum absolute atomic E-state index is 0.208. The second-order valence-corrected chi connectivity index (χ2v) is 3.77. The molecule has 84 valence electrons. The summed E-state index contributed by atoms with van der Waals surface area (Å²) in [6.07, 6.45) is 3.66. The standard InChI is InChI=1S/C12H14FN3/c1-9-7-10(13)3-4-11(9)15-8-12-14-5-6-16(12)2/h3-7,15H,8H2,1-2H3. The van der Waals surface area contributed by atoms with Gasteiger partial charge in [-0.25, -0.2) is 9.37 Å². The number of anilines is 1. The highest BCUT2D eigenvalue weighted by atomic mass is 19.1. The molecule has 0 atom stereocenters. The minimum Gasteiger partial charge on any atom is -0.378 e. The van der Waals surface area contributed by atoms with Crippen LogP contribution < -0.4 is 5.32 Å². The van der Waals surface area contributed by atoms with Crippen molar-refractivity contribution in [2.75, 3.05) is 5.32 Å². The fraction of sp³-hybridized carbons (Fsp3) is 0.250. The summed E-state index contributed by atoms with van der Waals surface area (Å²) in [4.78, 5) is 4.20. The van der Waals surface area contributed by atoms with Crippen molar-refractivity contribution in [1.29, 1.82) is 0 Å². The molecule has 0 aliphatic heterocycles. The molecule has 0 amide bonds. The summed E-state index contributed by atoms with van der Waals surface area (Å²) >= 11 is 0. The van der Waals surface area contributed by atoms with Crippen molar-refractivity contribution in [2.45, 2.75) is 13.5 Å². The van der Waals surface area contributed by atoms with Crippen molar-refractivity contribution in [3.63, 3.8) is 0 Å². The van der Waals surface area contributed by atoms with E-state index in [4.69, 9.17) is 0 Å². The molecule has 2 rings (SSSR count). The van der Waals surface area contributed by atoms with E-state index in [-0.39, 0.29) is 5.82 Å². The second-order valence-electron chi connectivity index (χ2n) is 3.77. The number of hydrogen-bond donors (Lipinski definition) is 1. The number of hydrogen-bond acceptors (Lipinski definition) is 2. The molecule has 0 radical (unpaired) electrons. The first-order chi connectivity index (χ1) is 7.66. The van der Waals surface area contributed by atoms with Crippen molar-refractivity contribution in [3.05, 3.63) is 47.8 Å². The van der Waals surface area contributed by atoms with E-state index in [0.29, 0.717) is 6.54 Å². The van der Waals surface area contributed by atoms with Crippen LogP contribution >= 0.6 is 0 Å². The molecule has 1 heterocycles. The monoisotopic (exact) mass is 219 g/mol. The van der Waals surface area contributed by atoms with Gasteiger partial charge in [0.05, 0.1) is 6.54 Å². The van der Waals surface area contributed by atoms with Gasteiger partial charge in [0.25, 0.3) is 0 Å². The number of nitrogens with zero attached hydrogens (tertiary/aromatic N) is 2. The molecule has 0 spiro atoms. The smallest absolute Gasteiger partial charge is 0.127 e. The van der Waals surface area contributed by atoms with Gasteiger partial charge in [0.1, 0.15) is 11.6 Å². The van der Waals surface area contributed by atoms with Gasteiger partial charge in [-0.1, -0.05) is 0 Å². The third-order valence-electron chi connectivity index (χ3n) is 2.55. The summed E-state index contributed by atoms with van der Waals surface area (Å²) in [5, 5.41) is 3.23. The summed E-state index contributed by atoms with van der Waals surface area (Å²) in [5.74, 6) is 0.740. The first-order valence-electron chi connectivity index (χ1n) is 5.13. The highest BCUT2D eigenvalue weighted by molar-refractivity contribution is 5.50. The lowest BCUT2D eigenvalue weighted by Gasteiger charge is -2.09. The Morgan fingerprint density at radius 2 is 2.25 bits per heavy atom. The molecule has 0 fully saturated rings. The summed E-state index contributed by atoms with van der Waals surface area (Å²) in [7, 11) is 1.95. The van der Waals surface area contributed by atoms with Crippen LogP contribution in [0.3, 0.4) is 0 Å². The molecular weight excluding hydrogens is 205 g/mol. The third kappa shape index (κ3) is 2.21. The second kappa shape index (κ2) is 4.35. The van der Waals surface area contributed by atoms with Crippen LogP contribution in [0.1, 0.15) is 11.4 Å². The Morgan fingerprint density at radius 3 is 2.88 bits per heavy atom. The quantitative estimate of drug-likeness (QED) is 0.859. The third-order valence-corrected chi connectivity index (χ3v) is 2.55. The molecule has 4 heteroatoms. The van der Waals surface area contributed by atoms with Crippen molar-refractivity contribution in [2.24, 2.45) is 7.05 Å². The molecule has 0 saturated heterocycles. The first-order valence-corrected chi connectivity index (χ1v) is 5.13. The molecule has 0 aliphatic carbocycles. The van der Waals surface area contributed by atoms with Crippen LogP contribution in [0.15, 0.2) is 30.6 Å². The molecule has 0 saturated carbocycles. The molecule has 1 N–H and O–H groups in total. The SMILES string of the molecule is Cc1cc(F)ccc1NCc1nccn1C. The Balaban J connectivity index is 2.08. The number of benzene rings is 1. The molecule has 0 bridgehead atoms. The van der Waals surface area contributed by atoms with Crippen molar-refractivity contribution < 1.29 is 4.39 Å². The lowest BCUT2D eigenvalue weighted by atomic mass is 10.2. The van der Waals surface area contributed by atoms with Gasteiger partial charge in [-0.3, -0.25) is 0 Å². The summed E-state index contributed by atoms with van der Waals surface area (Å²) in [5.41, 5.74) is 1.83. The van der Waals surface area contributed by atoms with E-state index in [9.17, 15) is 4.39 Å². The maximum Gasteiger partial charge on any atom is 0.127 e. The molecule has 3 nitrogen and oxygen atoms in total. The van der Waals surface area contributed by atoms with Gasteiger partial charge < -0.3 is 9.88 Å². The molecule has 0 unspecified atom stereocenters. The van der Waals surface area contributed by atoms with E-state index in [2.05, 4.69) is 10.3 Å². The van der Waals surface area contributed by atoms with Gasteiger partial charge in [0.2, 0.25) is 0 Å². The van der Waals surface area contributed by atoms with E-state index < -0.39 is 0 Å². The van der Waals surface area contributed by atoms with Crippen LogP contribution in [0.4, 0.5) is 10.1 Å². The van der Waals surface area contributed by atoms with Crippen LogP contribution in [0.5, 0.6) is 0 Å². The Morgan fingerprint density at radius 1 is 1.44 bits per heavy atom. The fourth-order valence-electron chi connectivity index (χ4n) is 1.57. The average Bonchev–Trinajstić information content (AvgIpc) is 2.63. The summed E-state index contributed by atoms with van der Waals surface area (Å²) < 4.78 is 14.8. The molecule has 1 aromatic heterocycles. The number of aryl methyl sites for hydroxylation is 2. The van der Waals surface area contributed by atoms with Gasteiger partial charge in [-0.15, -0.1) is 0 Å². The molecule has 2 aromatic rings. The topological polar surface area (TPSA) is 29.9 Å². The Labute approximate surface area is 93.9 Å². The van der Waals surface area contributed by atoms with Crippen molar-refractivity contribution in [1.82, 2.24) is 9.55 Å². The van der Waals surface area contributed by atoms with E-state index >= 15 is 0 Å². The van der Waals surface area contributed by atoms with Crippen LogP contribution in [-0.2, 0) is 13.6 Å². The highest BCUT2D eigenvalue weighted by Crippen LogP contribution is 2.16. The Kier molecular flexibility index (Phi) is 2.90. The number of aromatic nitrogens is 2.